The summed E-state index contributed by atoms with van der Waals surface area (Å²) in [5, 5.41) is 3.57. The zero-order valence-electron chi connectivity index (χ0n) is 14.4. The molecule has 4 nitrogen and oxygen atoms in total. The van der Waals surface area contributed by atoms with Gasteiger partial charge in [-0.2, -0.15) is 0 Å². The van der Waals surface area contributed by atoms with Crippen LogP contribution in [0.15, 0.2) is 73.1 Å². The number of nitrogens with one attached hydrogen (secondary N) is 1. The quantitative estimate of drug-likeness (QED) is 0.664. The summed E-state index contributed by atoms with van der Waals surface area (Å²) in [5.41, 5.74) is 2.56. The Kier molecular flexibility index (Phi) is 6.12. The molecule has 3 rings (SSSR count). The Balaban J connectivity index is 1.48. The maximum absolute atomic E-state index is 5.68. The molecule has 25 heavy (non-hydrogen) atoms. The first-order valence-corrected chi connectivity index (χ1v) is 8.61. The van der Waals surface area contributed by atoms with Crippen molar-refractivity contribution in [3.05, 3.63) is 84.2 Å². The summed E-state index contributed by atoms with van der Waals surface area (Å²) >= 11 is 0. The van der Waals surface area contributed by atoms with E-state index < -0.39 is 0 Å². The summed E-state index contributed by atoms with van der Waals surface area (Å²) in [6.45, 7) is 3.03. The highest BCUT2D eigenvalue weighted by Crippen LogP contribution is 2.18. The van der Waals surface area contributed by atoms with Gasteiger partial charge in [-0.15, -0.1) is 0 Å². The molecule has 0 spiro atoms. The predicted molar refractivity (Wildman–Crippen MR) is 99.6 cm³/mol. The lowest BCUT2D eigenvalue weighted by Crippen LogP contribution is -2.25. The number of aryl methyl sites for hydroxylation is 1. The predicted octanol–water partition coefficient (Wildman–Crippen LogP) is 4.38. The lowest BCUT2D eigenvalue weighted by molar-refractivity contribution is 0.440. The van der Waals surface area contributed by atoms with E-state index in [0.717, 1.165) is 25.1 Å². The van der Waals surface area contributed by atoms with Crippen LogP contribution < -0.4 is 10.1 Å². The van der Waals surface area contributed by atoms with Gasteiger partial charge in [0.25, 0.3) is 0 Å². The summed E-state index contributed by atoms with van der Waals surface area (Å²) in [5.74, 6) is 0.752. The van der Waals surface area contributed by atoms with Crippen molar-refractivity contribution < 1.29 is 4.74 Å². The highest BCUT2D eigenvalue weighted by molar-refractivity contribution is 5.30. The summed E-state index contributed by atoms with van der Waals surface area (Å²) in [7, 11) is 0. The van der Waals surface area contributed by atoms with E-state index in [2.05, 4.69) is 58.6 Å². The molecule has 1 N–H and O–H groups in total. The highest BCUT2D eigenvalue weighted by Gasteiger charge is 2.04. The summed E-state index contributed by atoms with van der Waals surface area (Å²) < 4.78 is 5.68. The van der Waals surface area contributed by atoms with Gasteiger partial charge in [0.1, 0.15) is 5.75 Å². The molecule has 0 amide bonds. The largest absolute Gasteiger partial charge is 0.424 e. The van der Waals surface area contributed by atoms with Crippen LogP contribution in [0.25, 0.3) is 0 Å². The van der Waals surface area contributed by atoms with Crippen molar-refractivity contribution in [2.24, 2.45) is 0 Å². The lowest BCUT2D eigenvalue weighted by atomic mass is 10.1. The summed E-state index contributed by atoms with van der Waals surface area (Å²) in [6.07, 6.45) is 5.53. The molecule has 4 heteroatoms. The van der Waals surface area contributed by atoms with Crippen LogP contribution in [0.5, 0.6) is 11.8 Å². The van der Waals surface area contributed by atoms with Gasteiger partial charge in [-0.25, -0.2) is 9.97 Å². The zero-order chi connectivity index (χ0) is 17.3. The van der Waals surface area contributed by atoms with E-state index in [9.17, 15) is 0 Å². The smallest absolute Gasteiger partial charge is 0.321 e. The molecule has 0 bridgehead atoms. The molecule has 0 saturated carbocycles. The average molecular weight is 333 g/mol. The van der Waals surface area contributed by atoms with Gasteiger partial charge in [-0.1, -0.05) is 42.5 Å². The fourth-order valence-electron chi connectivity index (χ4n) is 2.58. The van der Waals surface area contributed by atoms with Crippen molar-refractivity contribution in [2.45, 2.75) is 32.4 Å². The van der Waals surface area contributed by atoms with Crippen LogP contribution in [0.3, 0.4) is 0 Å². The number of nitrogens with zero attached hydrogens (tertiary/aromatic N) is 2. The van der Waals surface area contributed by atoms with Crippen molar-refractivity contribution in [1.29, 1.82) is 0 Å². The van der Waals surface area contributed by atoms with E-state index in [1.54, 1.807) is 18.5 Å². The van der Waals surface area contributed by atoms with Crippen LogP contribution in [0, 0.1) is 0 Å². The molecule has 1 atom stereocenters. The van der Waals surface area contributed by atoms with Gasteiger partial charge in [-0.3, -0.25) is 0 Å². The molecule has 0 aliphatic heterocycles. The molecule has 2 aromatic carbocycles. The molecule has 3 aromatic rings. The van der Waals surface area contributed by atoms with Crippen molar-refractivity contribution in [3.8, 4) is 11.8 Å². The third-order valence-corrected chi connectivity index (χ3v) is 4.01. The maximum Gasteiger partial charge on any atom is 0.321 e. The number of hydrogen-bond donors (Lipinski definition) is 1. The minimum atomic E-state index is 0.365. The van der Waals surface area contributed by atoms with Gasteiger partial charge in [0.2, 0.25) is 0 Å². The number of ether oxygens (including phenoxy) is 1. The van der Waals surface area contributed by atoms with Crippen LogP contribution in [0.4, 0.5) is 0 Å². The Morgan fingerprint density at radius 1 is 0.920 bits per heavy atom. The molecule has 0 saturated heterocycles. The molecular formula is C21H23N3O. The molecule has 0 fully saturated rings. The topological polar surface area (TPSA) is 47.0 Å². The normalized spacial score (nSPS) is 11.9. The summed E-state index contributed by atoms with van der Waals surface area (Å²) in [4.78, 5) is 8.16. The fraction of sp³-hybridized carbons (Fsp3) is 0.238. The Morgan fingerprint density at radius 2 is 1.68 bits per heavy atom. The molecule has 0 aliphatic rings. The monoisotopic (exact) mass is 333 g/mol. The standard InChI is InChI=1S/C21H23N3O/c1-17(11-12-18-7-3-2-4-8-18)24-16-19-9-5-10-20(15-19)25-21-22-13-6-14-23-21/h2-10,13-15,17,24H,11-12,16H2,1H3/t17-/m0/s1. The third kappa shape index (κ3) is 5.69. The second-order valence-corrected chi connectivity index (χ2v) is 6.09. The zero-order valence-corrected chi connectivity index (χ0v) is 14.4. The Morgan fingerprint density at radius 3 is 2.48 bits per heavy atom. The number of rotatable bonds is 8. The van der Waals surface area contributed by atoms with Gasteiger partial charge in [-0.05, 0) is 49.1 Å². The molecule has 1 heterocycles. The van der Waals surface area contributed by atoms with Gasteiger partial charge >= 0.3 is 6.01 Å². The average Bonchev–Trinajstić information content (AvgIpc) is 2.67. The fourth-order valence-corrected chi connectivity index (χ4v) is 2.58. The van der Waals surface area contributed by atoms with Gasteiger partial charge in [0, 0.05) is 25.0 Å². The SMILES string of the molecule is C[C@@H](CCc1ccccc1)NCc1cccc(Oc2ncccn2)c1. The number of aromatic nitrogens is 2. The molecule has 128 valence electrons. The van der Waals surface area contributed by atoms with Gasteiger partial charge in [0.15, 0.2) is 0 Å². The first-order chi connectivity index (χ1) is 12.3. The Labute approximate surface area is 148 Å². The van der Waals surface area contributed by atoms with Gasteiger partial charge < -0.3 is 10.1 Å². The lowest BCUT2D eigenvalue weighted by Gasteiger charge is -2.14. The molecule has 0 radical (unpaired) electrons. The molecule has 0 unspecified atom stereocenters. The highest BCUT2D eigenvalue weighted by atomic mass is 16.5. The van der Waals surface area contributed by atoms with Gasteiger partial charge in [0.05, 0.1) is 0 Å². The second-order valence-electron chi connectivity index (χ2n) is 6.09. The van der Waals surface area contributed by atoms with E-state index in [4.69, 9.17) is 4.74 Å². The van der Waals surface area contributed by atoms with E-state index in [1.807, 2.05) is 18.2 Å². The van der Waals surface area contributed by atoms with Crippen molar-refractivity contribution in [3.63, 3.8) is 0 Å². The second kappa shape index (κ2) is 8.94. The van der Waals surface area contributed by atoms with Crippen LogP contribution in [0.1, 0.15) is 24.5 Å². The summed E-state index contributed by atoms with van der Waals surface area (Å²) in [6, 6.07) is 21.2. The molecular weight excluding hydrogens is 310 g/mol. The first-order valence-electron chi connectivity index (χ1n) is 8.61. The molecule has 0 aliphatic carbocycles. The number of benzene rings is 2. The van der Waals surface area contributed by atoms with E-state index in [-0.39, 0.29) is 0 Å². The minimum absolute atomic E-state index is 0.365. The first kappa shape index (κ1) is 17.1. The van der Waals surface area contributed by atoms with Crippen LogP contribution in [0.2, 0.25) is 0 Å². The maximum atomic E-state index is 5.68. The molecule has 1 aromatic heterocycles. The van der Waals surface area contributed by atoms with E-state index in [0.29, 0.717) is 12.1 Å². The van der Waals surface area contributed by atoms with Crippen LogP contribution in [-0.2, 0) is 13.0 Å². The number of hydrogen-bond acceptors (Lipinski definition) is 4. The minimum Gasteiger partial charge on any atom is -0.424 e. The Bertz CT molecular complexity index is 762. The third-order valence-electron chi connectivity index (χ3n) is 4.01. The van der Waals surface area contributed by atoms with E-state index in [1.165, 1.54) is 11.1 Å². The Hall–Kier alpha value is -2.72. The van der Waals surface area contributed by atoms with Crippen molar-refractivity contribution >= 4 is 0 Å². The van der Waals surface area contributed by atoms with Crippen LogP contribution >= 0.6 is 0 Å². The van der Waals surface area contributed by atoms with Crippen molar-refractivity contribution in [2.75, 3.05) is 0 Å². The van der Waals surface area contributed by atoms with Crippen molar-refractivity contribution in [1.82, 2.24) is 15.3 Å². The van der Waals surface area contributed by atoms with Crippen LogP contribution in [-0.4, -0.2) is 16.0 Å². The van der Waals surface area contributed by atoms with E-state index >= 15 is 0 Å².